The van der Waals surface area contributed by atoms with Crippen molar-refractivity contribution in [1.82, 2.24) is 0 Å². The largest absolute Gasteiger partial charge is 0.493 e. The highest BCUT2D eigenvalue weighted by Gasteiger charge is 2.24. The van der Waals surface area contributed by atoms with Gasteiger partial charge in [0.2, 0.25) is 0 Å². The number of halogens is 4. The fraction of sp³-hybridized carbons (Fsp3) is 0.200. The van der Waals surface area contributed by atoms with Crippen molar-refractivity contribution in [1.29, 1.82) is 0 Å². The molecular weight excluding hydrogens is 457 g/mol. The lowest BCUT2D eigenvalue weighted by Crippen LogP contribution is -2.00. The Morgan fingerprint density at radius 2 is 2.05 bits per heavy atom. The van der Waals surface area contributed by atoms with E-state index in [2.05, 4.69) is 44.6 Å². The van der Waals surface area contributed by atoms with Crippen molar-refractivity contribution in [3.8, 4) is 5.75 Å². The molecule has 2 aromatic carbocycles. The molecule has 0 saturated heterocycles. The van der Waals surface area contributed by atoms with Gasteiger partial charge in [-0.25, -0.2) is 4.39 Å². The van der Waals surface area contributed by atoms with Crippen LogP contribution in [0.2, 0.25) is 0 Å². The molecule has 0 fully saturated rings. The highest BCUT2D eigenvalue weighted by molar-refractivity contribution is 14.1. The van der Waals surface area contributed by atoms with Gasteiger partial charge in [-0.1, -0.05) is 22.0 Å². The maximum atomic E-state index is 13.2. The first-order valence-electron chi connectivity index (χ1n) is 6.10. The summed E-state index contributed by atoms with van der Waals surface area (Å²) >= 11 is 12.2. The molecule has 0 aliphatic carbocycles. The second kappa shape index (κ2) is 5.81. The number of fused-ring (bicyclic) bond motifs is 1. The van der Waals surface area contributed by atoms with E-state index >= 15 is 0 Å². The van der Waals surface area contributed by atoms with Gasteiger partial charge in [-0.15, -0.1) is 11.6 Å². The Labute approximate surface area is 143 Å². The van der Waals surface area contributed by atoms with Gasteiger partial charge in [0, 0.05) is 20.0 Å². The van der Waals surface area contributed by atoms with Crippen LogP contribution < -0.4 is 4.74 Å². The van der Waals surface area contributed by atoms with Gasteiger partial charge in [0.1, 0.15) is 11.6 Å². The average molecular weight is 468 g/mol. The molecule has 1 nitrogen and oxygen atoms in total. The lowest BCUT2D eigenvalue weighted by molar-refractivity contribution is 0.353. The number of hydrogen-bond acceptors (Lipinski definition) is 1. The Morgan fingerprint density at radius 3 is 2.80 bits per heavy atom. The first-order valence-corrected chi connectivity index (χ1v) is 8.41. The second-order valence-electron chi connectivity index (χ2n) is 4.61. The van der Waals surface area contributed by atoms with E-state index in [9.17, 15) is 4.39 Å². The average Bonchev–Trinajstić information content (AvgIpc) is 2.85. The third kappa shape index (κ3) is 2.70. The van der Waals surface area contributed by atoms with Crippen LogP contribution in [0.4, 0.5) is 4.39 Å². The van der Waals surface area contributed by atoms with Gasteiger partial charge in [-0.3, -0.25) is 0 Å². The van der Waals surface area contributed by atoms with Crippen LogP contribution in [0.5, 0.6) is 5.75 Å². The minimum absolute atomic E-state index is 0.252. The Hall–Kier alpha value is -0.330. The Bertz CT molecular complexity index is 677. The van der Waals surface area contributed by atoms with Crippen LogP contribution in [0.3, 0.4) is 0 Å². The summed E-state index contributed by atoms with van der Waals surface area (Å²) in [7, 11) is 0. The fourth-order valence-electron chi connectivity index (χ4n) is 2.36. The zero-order valence-corrected chi connectivity index (χ0v) is 14.8. The van der Waals surface area contributed by atoms with Crippen molar-refractivity contribution in [2.75, 3.05) is 6.61 Å². The van der Waals surface area contributed by atoms with Crippen LogP contribution in [-0.2, 0) is 6.42 Å². The van der Waals surface area contributed by atoms with Crippen LogP contribution in [-0.4, -0.2) is 6.61 Å². The first kappa shape index (κ1) is 14.6. The molecule has 0 spiro atoms. The minimum Gasteiger partial charge on any atom is -0.493 e. The van der Waals surface area contributed by atoms with Crippen LogP contribution in [0.25, 0.3) is 0 Å². The van der Waals surface area contributed by atoms with E-state index in [1.807, 2.05) is 6.07 Å². The molecule has 3 rings (SSSR count). The summed E-state index contributed by atoms with van der Waals surface area (Å²) < 4.78 is 20.7. The van der Waals surface area contributed by atoms with E-state index in [4.69, 9.17) is 16.3 Å². The summed E-state index contributed by atoms with van der Waals surface area (Å²) in [6, 6.07) is 8.69. The van der Waals surface area contributed by atoms with E-state index in [1.165, 1.54) is 12.1 Å². The molecule has 0 aromatic heterocycles. The fourth-order valence-corrected chi connectivity index (χ4v) is 4.21. The van der Waals surface area contributed by atoms with E-state index < -0.39 is 0 Å². The topological polar surface area (TPSA) is 9.23 Å². The first-order chi connectivity index (χ1) is 9.56. The Balaban J connectivity index is 2.09. The summed E-state index contributed by atoms with van der Waals surface area (Å²) in [5.74, 6) is 0.617. The van der Waals surface area contributed by atoms with Crippen LogP contribution >= 0.6 is 50.1 Å². The minimum atomic E-state index is -0.355. The van der Waals surface area contributed by atoms with Crippen molar-refractivity contribution in [3.63, 3.8) is 0 Å². The van der Waals surface area contributed by atoms with Crippen molar-refractivity contribution in [2.24, 2.45) is 0 Å². The maximum Gasteiger partial charge on any atom is 0.127 e. The molecule has 0 bridgehead atoms. The lowest BCUT2D eigenvalue weighted by Gasteiger charge is -2.16. The van der Waals surface area contributed by atoms with Gasteiger partial charge in [0.15, 0.2) is 0 Å². The van der Waals surface area contributed by atoms with Crippen molar-refractivity contribution in [2.45, 2.75) is 11.8 Å². The van der Waals surface area contributed by atoms with Gasteiger partial charge in [-0.05, 0) is 58.0 Å². The summed E-state index contributed by atoms with van der Waals surface area (Å²) in [5.41, 5.74) is 2.99. The van der Waals surface area contributed by atoms with Gasteiger partial charge < -0.3 is 4.74 Å². The van der Waals surface area contributed by atoms with Crippen molar-refractivity contribution in [3.05, 3.63) is 60.9 Å². The number of ether oxygens (including phenoxy) is 1. The number of alkyl halides is 1. The molecular formula is C15H10BrClFIO. The van der Waals surface area contributed by atoms with E-state index in [0.29, 0.717) is 6.61 Å². The Morgan fingerprint density at radius 1 is 1.25 bits per heavy atom. The summed E-state index contributed by atoms with van der Waals surface area (Å²) in [5, 5.41) is -0.355. The van der Waals surface area contributed by atoms with Gasteiger partial charge in [0.25, 0.3) is 0 Å². The quantitative estimate of drug-likeness (QED) is 0.421. The van der Waals surface area contributed by atoms with Crippen LogP contribution in [0.15, 0.2) is 34.8 Å². The standard InChI is InChI=1S/C15H10BrClFIO/c16-9-5-8-3-4-20-15(8)12(6-9)14(17)11-2-1-10(18)7-13(11)19/h1-2,5-7,14H,3-4H2. The third-order valence-corrected chi connectivity index (χ3v) is 5.15. The highest BCUT2D eigenvalue weighted by atomic mass is 127. The zero-order chi connectivity index (χ0) is 14.3. The molecule has 0 N–H and O–H groups in total. The van der Waals surface area contributed by atoms with Crippen molar-refractivity contribution >= 4 is 50.1 Å². The lowest BCUT2D eigenvalue weighted by atomic mass is 10.0. The predicted octanol–water partition coefficient (Wildman–Crippen LogP) is 5.46. The number of benzene rings is 2. The van der Waals surface area contributed by atoms with Gasteiger partial charge in [-0.2, -0.15) is 0 Å². The molecule has 1 aliphatic heterocycles. The predicted molar refractivity (Wildman–Crippen MR) is 90.2 cm³/mol. The smallest absolute Gasteiger partial charge is 0.127 e. The van der Waals surface area contributed by atoms with Crippen LogP contribution in [0, 0.1) is 9.39 Å². The monoisotopic (exact) mass is 466 g/mol. The van der Waals surface area contributed by atoms with E-state index in [-0.39, 0.29) is 11.2 Å². The zero-order valence-electron chi connectivity index (χ0n) is 10.3. The maximum absolute atomic E-state index is 13.2. The molecule has 1 aliphatic rings. The molecule has 20 heavy (non-hydrogen) atoms. The van der Waals surface area contributed by atoms with Crippen LogP contribution in [0.1, 0.15) is 22.1 Å². The molecule has 104 valence electrons. The van der Waals surface area contributed by atoms with E-state index in [0.717, 1.165) is 36.9 Å². The molecule has 5 heteroatoms. The SMILES string of the molecule is Fc1ccc(C(Cl)c2cc(Br)cc3c2OCC3)c(I)c1. The van der Waals surface area contributed by atoms with Gasteiger partial charge in [0.05, 0.1) is 12.0 Å². The molecule has 1 heterocycles. The van der Waals surface area contributed by atoms with E-state index in [1.54, 1.807) is 6.07 Å². The molecule has 0 amide bonds. The summed E-state index contributed by atoms with van der Waals surface area (Å²) in [6.45, 7) is 0.683. The summed E-state index contributed by atoms with van der Waals surface area (Å²) in [6.07, 6.45) is 0.895. The molecule has 1 unspecified atom stereocenters. The number of rotatable bonds is 2. The van der Waals surface area contributed by atoms with Gasteiger partial charge >= 0.3 is 0 Å². The molecule has 0 saturated carbocycles. The normalized spacial score (nSPS) is 14.8. The molecule has 0 radical (unpaired) electrons. The van der Waals surface area contributed by atoms with Crippen molar-refractivity contribution < 1.29 is 9.13 Å². The second-order valence-corrected chi connectivity index (χ2v) is 7.12. The highest BCUT2D eigenvalue weighted by Crippen LogP contribution is 2.42. The molecule has 2 aromatic rings. The number of hydrogen-bond donors (Lipinski definition) is 0. The summed E-state index contributed by atoms with van der Waals surface area (Å²) in [4.78, 5) is 0. The Kier molecular flexibility index (Phi) is 4.24. The third-order valence-electron chi connectivity index (χ3n) is 3.29. The molecule has 1 atom stereocenters.